The standard InChI is InChI=1S/C14H18O4/c1-10(9-18-11(2)15)7-12-8-13(16-3)5-6-14(12)17-4/h5-6,8-9H,7H2,1-4H3. The molecular weight excluding hydrogens is 232 g/mol. The molecule has 1 aromatic carbocycles. The van der Waals surface area contributed by atoms with Crippen LogP contribution in [-0.4, -0.2) is 20.2 Å². The van der Waals surface area contributed by atoms with Gasteiger partial charge in [0.05, 0.1) is 20.5 Å². The molecule has 1 aromatic rings. The normalized spacial score (nSPS) is 11.0. The van der Waals surface area contributed by atoms with Crippen molar-refractivity contribution in [3.8, 4) is 11.5 Å². The van der Waals surface area contributed by atoms with Crippen molar-refractivity contribution in [1.29, 1.82) is 0 Å². The van der Waals surface area contributed by atoms with E-state index >= 15 is 0 Å². The summed E-state index contributed by atoms with van der Waals surface area (Å²) < 4.78 is 15.3. The molecule has 18 heavy (non-hydrogen) atoms. The van der Waals surface area contributed by atoms with E-state index in [9.17, 15) is 4.79 Å². The van der Waals surface area contributed by atoms with Crippen molar-refractivity contribution >= 4 is 5.97 Å². The first-order valence-electron chi connectivity index (χ1n) is 5.60. The molecule has 4 heteroatoms. The maximum Gasteiger partial charge on any atom is 0.307 e. The van der Waals surface area contributed by atoms with Crippen LogP contribution in [0.5, 0.6) is 11.5 Å². The number of ether oxygens (including phenoxy) is 3. The van der Waals surface area contributed by atoms with Gasteiger partial charge in [0.2, 0.25) is 0 Å². The highest BCUT2D eigenvalue weighted by molar-refractivity contribution is 5.66. The van der Waals surface area contributed by atoms with Crippen LogP contribution in [0.2, 0.25) is 0 Å². The van der Waals surface area contributed by atoms with Crippen molar-refractivity contribution in [3.63, 3.8) is 0 Å². The largest absolute Gasteiger partial charge is 0.497 e. The molecule has 0 amide bonds. The van der Waals surface area contributed by atoms with Crippen LogP contribution in [0.15, 0.2) is 30.0 Å². The van der Waals surface area contributed by atoms with Crippen LogP contribution in [0.4, 0.5) is 0 Å². The van der Waals surface area contributed by atoms with E-state index in [0.29, 0.717) is 6.42 Å². The van der Waals surface area contributed by atoms with Gasteiger partial charge in [-0.3, -0.25) is 4.79 Å². The molecule has 0 radical (unpaired) electrons. The number of benzene rings is 1. The van der Waals surface area contributed by atoms with Crippen molar-refractivity contribution in [1.82, 2.24) is 0 Å². The summed E-state index contributed by atoms with van der Waals surface area (Å²) >= 11 is 0. The van der Waals surface area contributed by atoms with E-state index in [1.54, 1.807) is 14.2 Å². The summed E-state index contributed by atoms with van der Waals surface area (Å²) in [5.74, 6) is 1.23. The van der Waals surface area contributed by atoms with Gasteiger partial charge in [0.15, 0.2) is 0 Å². The molecule has 0 fully saturated rings. The van der Waals surface area contributed by atoms with Crippen LogP contribution in [0.1, 0.15) is 19.4 Å². The Kier molecular flexibility index (Phi) is 5.24. The van der Waals surface area contributed by atoms with Gasteiger partial charge in [-0.2, -0.15) is 0 Å². The maximum atomic E-state index is 10.7. The number of methoxy groups -OCH3 is 2. The number of rotatable bonds is 5. The predicted molar refractivity (Wildman–Crippen MR) is 68.8 cm³/mol. The highest BCUT2D eigenvalue weighted by atomic mass is 16.5. The summed E-state index contributed by atoms with van der Waals surface area (Å²) in [6.07, 6.45) is 2.09. The van der Waals surface area contributed by atoms with E-state index in [0.717, 1.165) is 22.6 Å². The summed E-state index contributed by atoms with van der Waals surface area (Å²) in [5, 5.41) is 0. The zero-order valence-corrected chi connectivity index (χ0v) is 11.1. The molecule has 0 spiro atoms. The minimum Gasteiger partial charge on any atom is -0.497 e. The number of hydrogen-bond donors (Lipinski definition) is 0. The highest BCUT2D eigenvalue weighted by Crippen LogP contribution is 2.26. The van der Waals surface area contributed by atoms with Gasteiger partial charge in [0.1, 0.15) is 11.5 Å². The van der Waals surface area contributed by atoms with Gasteiger partial charge in [0, 0.05) is 18.9 Å². The molecule has 0 aliphatic carbocycles. The number of carbonyl (C=O) groups is 1. The van der Waals surface area contributed by atoms with E-state index in [2.05, 4.69) is 0 Å². The molecule has 0 N–H and O–H groups in total. The first-order valence-corrected chi connectivity index (χ1v) is 5.60. The van der Waals surface area contributed by atoms with Crippen molar-refractivity contribution in [3.05, 3.63) is 35.6 Å². The molecule has 0 unspecified atom stereocenters. The van der Waals surface area contributed by atoms with E-state index in [-0.39, 0.29) is 5.97 Å². The zero-order valence-electron chi connectivity index (χ0n) is 11.1. The molecule has 98 valence electrons. The van der Waals surface area contributed by atoms with Crippen molar-refractivity contribution in [2.24, 2.45) is 0 Å². The van der Waals surface area contributed by atoms with Crippen molar-refractivity contribution < 1.29 is 19.0 Å². The molecular formula is C14H18O4. The van der Waals surface area contributed by atoms with Gasteiger partial charge in [0.25, 0.3) is 0 Å². The van der Waals surface area contributed by atoms with E-state index in [4.69, 9.17) is 14.2 Å². The van der Waals surface area contributed by atoms with Gasteiger partial charge in [-0.25, -0.2) is 0 Å². The summed E-state index contributed by atoms with van der Waals surface area (Å²) in [7, 11) is 3.24. The average Bonchev–Trinajstić information content (AvgIpc) is 2.36. The lowest BCUT2D eigenvalue weighted by molar-refractivity contribution is -0.135. The summed E-state index contributed by atoms with van der Waals surface area (Å²) in [6, 6.07) is 5.60. The smallest absolute Gasteiger partial charge is 0.307 e. The fourth-order valence-electron chi connectivity index (χ4n) is 1.55. The van der Waals surface area contributed by atoms with E-state index in [1.165, 1.54) is 13.2 Å². The van der Waals surface area contributed by atoms with Gasteiger partial charge < -0.3 is 14.2 Å². The van der Waals surface area contributed by atoms with Crippen molar-refractivity contribution in [2.45, 2.75) is 20.3 Å². The Morgan fingerprint density at radius 2 is 1.94 bits per heavy atom. The molecule has 1 rings (SSSR count). The van der Waals surface area contributed by atoms with Gasteiger partial charge in [-0.1, -0.05) is 0 Å². The van der Waals surface area contributed by atoms with Crippen LogP contribution in [0.25, 0.3) is 0 Å². The number of allylic oxidation sites excluding steroid dienone is 1. The number of esters is 1. The predicted octanol–water partition coefficient (Wildman–Crippen LogP) is 2.71. The molecule has 0 saturated carbocycles. The minimum absolute atomic E-state index is 0.327. The molecule has 0 atom stereocenters. The Morgan fingerprint density at radius 1 is 1.22 bits per heavy atom. The van der Waals surface area contributed by atoms with Crippen molar-refractivity contribution in [2.75, 3.05) is 14.2 Å². The van der Waals surface area contributed by atoms with Crippen LogP contribution in [0, 0.1) is 0 Å². The Balaban J connectivity index is 2.87. The molecule has 0 bridgehead atoms. The quantitative estimate of drug-likeness (QED) is 0.595. The summed E-state index contributed by atoms with van der Waals surface area (Å²) in [4.78, 5) is 10.7. The Bertz CT molecular complexity index is 449. The lowest BCUT2D eigenvalue weighted by atomic mass is 10.1. The molecule has 0 aliphatic rings. The zero-order chi connectivity index (χ0) is 13.5. The molecule has 0 saturated heterocycles. The molecule has 0 heterocycles. The lowest BCUT2D eigenvalue weighted by Gasteiger charge is -2.10. The second-order valence-electron chi connectivity index (χ2n) is 3.93. The first-order chi connectivity index (χ1) is 8.56. The summed E-state index contributed by atoms with van der Waals surface area (Å²) in [5.41, 5.74) is 1.91. The van der Waals surface area contributed by atoms with E-state index in [1.807, 2.05) is 25.1 Å². The fourth-order valence-corrected chi connectivity index (χ4v) is 1.55. The third-order valence-electron chi connectivity index (χ3n) is 2.38. The average molecular weight is 250 g/mol. The molecule has 0 aromatic heterocycles. The lowest BCUT2D eigenvalue weighted by Crippen LogP contribution is -1.97. The monoisotopic (exact) mass is 250 g/mol. The van der Waals surface area contributed by atoms with Gasteiger partial charge >= 0.3 is 5.97 Å². The third kappa shape index (κ3) is 4.13. The van der Waals surface area contributed by atoms with Gasteiger partial charge in [-0.05, 0) is 30.7 Å². The minimum atomic E-state index is -0.327. The molecule has 0 aliphatic heterocycles. The van der Waals surface area contributed by atoms with E-state index < -0.39 is 0 Å². The topological polar surface area (TPSA) is 44.8 Å². The van der Waals surface area contributed by atoms with Crippen LogP contribution >= 0.6 is 0 Å². The highest BCUT2D eigenvalue weighted by Gasteiger charge is 2.06. The fraction of sp³-hybridized carbons (Fsp3) is 0.357. The van der Waals surface area contributed by atoms with Gasteiger partial charge in [-0.15, -0.1) is 0 Å². The van der Waals surface area contributed by atoms with Crippen LogP contribution in [-0.2, 0) is 16.0 Å². The Labute approximate surface area is 107 Å². The summed E-state index contributed by atoms with van der Waals surface area (Å²) in [6.45, 7) is 3.26. The molecule has 4 nitrogen and oxygen atoms in total. The number of carbonyl (C=O) groups excluding carboxylic acids is 1. The Morgan fingerprint density at radius 3 is 2.50 bits per heavy atom. The Hall–Kier alpha value is -1.97. The van der Waals surface area contributed by atoms with Crippen LogP contribution < -0.4 is 9.47 Å². The SMILES string of the molecule is COc1ccc(OC)c(CC(C)=COC(C)=O)c1. The second kappa shape index (κ2) is 6.69. The number of hydrogen-bond acceptors (Lipinski definition) is 4. The van der Waals surface area contributed by atoms with Crippen LogP contribution in [0.3, 0.4) is 0 Å². The first kappa shape index (κ1) is 14.1. The third-order valence-corrected chi connectivity index (χ3v) is 2.38. The maximum absolute atomic E-state index is 10.7. The second-order valence-corrected chi connectivity index (χ2v) is 3.93.